The highest BCUT2D eigenvalue weighted by atomic mass is 16.4. The van der Waals surface area contributed by atoms with Crippen molar-refractivity contribution in [2.24, 2.45) is 0 Å². The molecule has 2 heterocycles. The maximum Gasteiger partial charge on any atom is 0.352 e. The molecule has 0 aliphatic carbocycles. The first kappa shape index (κ1) is 15.9. The Morgan fingerprint density at radius 1 is 1.00 bits per heavy atom. The molecular formula is C21H22N2O2. The summed E-state index contributed by atoms with van der Waals surface area (Å²) in [6, 6.07) is 20.5. The van der Waals surface area contributed by atoms with Gasteiger partial charge < -0.3 is 9.67 Å². The van der Waals surface area contributed by atoms with Gasteiger partial charge in [-0.3, -0.25) is 4.90 Å². The van der Waals surface area contributed by atoms with Crippen LogP contribution in [0.1, 0.15) is 34.9 Å². The van der Waals surface area contributed by atoms with Crippen LogP contribution in [0.2, 0.25) is 0 Å². The third-order valence-electron chi connectivity index (χ3n) is 5.14. The number of hydrogen-bond acceptors (Lipinski definition) is 2. The minimum Gasteiger partial charge on any atom is -0.477 e. The van der Waals surface area contributed by atoms with Gasteiger partial charge in [0.25, 0.3) is 0 Å². The van der Waals surface area contributed by atoms with Crippen LogP contribution >= 0.6 is 0 Å². The number of carbonyl (C=O) groups is 1. The Hall–Kier alpha value is -2.59. The molecule has 4 heteroatoms. The number of carboxylic acids is 1. The number of para-hydroxylation sites is 1. The topological polar surface area (TPSA) is 45.5 Å². The molecule has 1 N–H and O–H groups in total. The van der Waals surface area contributed by atoms with Gasteiger partial charge in [0.2, 0.25) is 0 Å². The zero-order chi connectivity index (χ0) is 17.2. The van der Waals surface area contributed by atoms with E-state index in [9.17, 15) is 9.90 Å². The molecule has 4 rings (SSSR count). The van der Waals surface area contributed by atoms with E-state index in [0.717, 1.165) is 43.4 Å². The van der Waals surface area contributed by atoms with Gasteiger partial charge in [0.15, 0.2) is 0 Å². The van der Waals surface area contributed by atoms with E-state index in [-0.39, 0.29) is 6.04 Å². The number of rotatable bonds is 4. The van der Waals surface area contributed by atoms with Crippen molar-refractivity contribution in [2.45, 2.75) is 25.4 Å². The minimum atomic E-state index is -0.845. The maximum absolute atomic E-state index is 11.7. The first-order valence-corrected chi connectivity index (χ1v) is 8.82. The molecule has 1 saturated heterocycles. The van der Waals surface area contributed by atoms with Crippen molar-refractivity contribution in [1.82, 2.24) is 9.47 Å². The number of benzene rings is 2. The second kappa shape index (κ2) is 6.73. The molecule has 0 spiro atoms. The molecular weight excluding hydrogens is 312 g/mol. The molecule has 0 radical (unpaired) electrons. The van der Waals surface area contributed by atoms with Crippen molar-refractivity contribution in [3.05, 3.63) is 71.9 Å². The van der Waals surface area contributed by atoms with Crippen LogP contribution in [0.4, 0.5) is 0 Å². The molecule has 1 fully saturated rings. The van der Waals surface area contributed by atoms with Crippen molar-refractivity contribution >= 4 is 16.9 Å². The highest BCUT2D eigenvalue weighted by Gasteiger charge is 2.25. The van der Waals surface area contributed by atoms with Gasteiger partial charge in [0.1, 0.15) is 5.69 Å². The lowest BCUT2D eigenvalue weighted by atomic mass is 10.0. The number of likely N-dealkylation sites (tertiary alicyclic amines) is 1. The number of aromatic nitrogens is 1. The molecule has 1 aliphatic heterocycles. The third kappa shape index (κ3) is 3.17. The zero-order valence-corrected chi connectivity index (χ0v) is 14.1. The van der Waals surface area contributed by atoms with E-state index in [2.05, 4.69) is 29.2 Å². The lowest BCUT2D eigenvalue weighted by Crippen LogP contribution is -2.34. The number of aromatic carboxylic acids is 1. The van der Waals surface area contributed by atoms with Crippen LogP contribution < -0.4 is 0 Å². The normalized spacial score (nSPS) is 16.3. The van der Waals surface area contributed by atoms with Crippen molar-refractivity contribution < 1.29 is 9.90 Å². The largest absolute Gasteiger partial charge is 0.477 e. The lowest BCUT2D eigenvalue weighted by molar-refractivity contribution is 0.0679. The van der Waals surface area contributed by atoms with Gasteiger partial charge >= 0.3 is 5.97 Å². The van der Waals surface area contributed by atoms with Gasteiger partial charge in [0.05, 0.1) is 0 Å². The average Bonchev–Trinajstić information content (AvgIpc) is 3.03. The van der Waals surface area contributed by atoms with Crippen LogP contribution in [-0.2, 0) is 6.54 Å². The van der Waals surface area contributed by atoms with Gasteiger partial charge in [-0.15, -0.1) is 0 Å². The fourth-order valence-corrected chi connectivity index (χ4v) is 3.91. The fourth-order valence-electron chi connectivity index (χ4n) is 3.91. The summed E-state index contributed by atoms with van der Waals surface area (Å²) in [6.45, 7) is 2.95. The Balaban J connectivity index is 1.54. The molecule has 0 bridgehead atoms. The summed E-state index contributed by atoms with van der Waals surface area (Å²) in [5, 5.41) is 10.6. The SMILES string of the molecule is O=C(O)c1cc2ccccc2n1C1CCN(Cc2ccccc2)CC1. The van der Waals surface area contributed by atoms with Crippen molar-refractivity contribution in [2.75, 3.05) is 13.1 Å². The van der Waals surface area contributed by atoms with E-state index in [4.69, 9.17) is 0 Å². The lowest BCUT2D eigenvalue weighted by Gasteiger charge is -2.33. The summed E-state index contributed by atoms with van der Waals surface area (Å²) in [6.07, 6.45) is 1.96. The van der Waals surface area contributed by atoms with Crippen LogP contribution in [0.25, 0.3) is 10.9 Å². The number of hydrogen-bond donors (Lipinski definition) is 1. The monoisotopic (exact) mass is 334 g/mol. The van der Waals surface area contributed by atoms with Crippen molar-refractivity contribution in [3.8, 4) is 0 Å². The first-order valence-electron chi connectivity index (χ1n) is 8.82. The molecule has 0 atom stereocenters. The molecule has 3 aromatic rings. The standard InChI is InChI=1S/C21H22N2O2/c24-21(25)20-14-17-8-4-5-9-19(17)23(20)18-10-12-22(13-11-18)15-16-6-2-1-3-7-16/h1-9,14,18H,10-13,15H2,(H,24,25). The Kier molecular flexibility index (Phi) is 4.28. The smallest absolute Gasteiger partial charge is 0.352 e. The van der Waals surface area contributed by atoms with Gasteiger partial charge in [-0.2, -0.15) is 0 Å². The number of fused-ring (bicyclic) bond motifs is 1. The molecule has 4 nitrogen and oxygen atoms in total. The van der Waals surface area contributed by atoms with Crippen molar-refractivity contribution in [3.63, 3.8) is 0 Å². The van der Waals surface area contributed by atoms with Crippen LogP contribution in [0, 0.1) is 0 Å². The Bertz CT molecular complexity index is 877. The second-order valence-corrected chi connectivity index (χ2v) is 6.76. The van der Waals surface area contributed by atoms with Crippen LogP contribution in [0.15, 0.2) is 60.7 Å². The van der Waals surface area contributed by atoms with Gasteiger partial charge in [0, 0.05) is 36.6 Å². The summed E-state index contributed by atoms with van der Waals surface area (Å²) >= 11 is 0. The zero-order valence-electron chi connectivity index (χ0n) is 14.1. The Morgan fingerprint density at radius 2 is 1.68 bits per heavy atom. The second-order valence-electron chi connectivity index (χ2n) is 6.76. The highest BCUT2D eigenvalue weighted by molar-refractivity contribution is 5.94. The first-order chi connectivity index (χ1) is 12.2. The minimum absolute atomic E-state index is 0.248. The predicted molar refractivity (Wildman–Crippen MR) is 98.9 cm³/mol. The summed E-state index contributed by atoms with van der Waals surface area (Å²) in [4.78, 5) is 14.2. The molecule has 1 aliphatic rings. The van der Waals surface area contributed by atoms with Gasteiger partial charge in [-0.25, -0.2) is 4.79 Å². The van der Waals surface area contributed by atoms with E-state index in [0.29, 0.717) is 5.69 Å². The number of carboxylic acid groups (broad SMARTS) is 1. The average molecular weight is 334 g/mol. The molecule has 0 amide bonds. The van der Waals surface area contributed by atoms with Crippen molar-refractivity contribution in [1.29, 1.82) is 0 Å². The van der Waals surface area contributed by atoms with E-state index in [1.54, 1.807) is 6.07 Å². The summed E-state index contributed by atoms with van der Waals surface area (Å²) in [5.41, 5.74) is 2.77. The predicted octanol–water partition coefficient (Wildman–Crippen LogP) is 4.18. The summed E-state index contributed by atoms with van der Waals surface area (Å²) < 4.78 is 2.04. The maximum atomic E-state index is 11.7. The summed E-state index contributed by atoms with van der Waals surface area (Å²) in [5.74, 6) is -0.845. The van der Waals surface area contributed by atoms with Crippen LogP contribution in [0.5, 0.6) is 0 Å². The molecule has 1 aromatic heterocycles. The molecule has 0 saturated carbocycles. The molecule has 128 valence electrons. The summed E-state index contributed by atoms with van der Waals surface area (Å²) in [7, 11) is 0. The number of nitrogens with zero attached hydrogens (tertiary/aromatic N) is 2. The molecule has 2 aromatic carbocycles. The van der Waals surface area contributed by atoms with Crippen LogP contribution in [0.3, 0.4) is 0 Å². The van der Waals surface area contributed by atoms with Crippen LogP contribution in [-0.4, -0.2) is 33.6 Å². The third-order valence-corrected chi connectivity index (χ3v) is 5.14. The molecule has 0 unspecified atom stereocenters. The van der Waals surface area contributed by atoms with E-state index in [1.165, 1.54) is 5.56 Å². The molecule has 25 heavy (non-hydrogen) atoms. The van der Waals surface area contributed by atoms with E-state index < -0.39 is 5.97 Å². The highest BCUT2D eigenvalue weighted by Crippen LogP contribution is 2.31. The van der Waals surface area contributed by atoms with E-state index in [1.807, 2.05) is 34.9 Å². The van der Waals surface area contributed by atoms with Gasteiger partial charge in [-0.1, -0.05) is 48.5 Å². The Labute approximate surface area is 147 Å². The van der Waals surface area contributed by atoms with Gasteiger partial charge in [-0.05, 0) is 30.5 Å². The number of piperidine rings is 1. The Morgan fingerprint density at radius 3 is 2.40 bits per heavy atom. The fraction of sp³-hybridized carbons (Fsp3) is 0.286. The van der Waals surface area contributed by atoms with E-state index >= 15 is 0 Å². The quantitative estimate of drug-likeness (QED) is 0.778.